The lowest BCUT2D eigenvalue weighted by Crippen LogP contribution is -2.51. The quantitative estimate of drug-likeness (QED) is 0.867. The number of aromatic nitrogens is 1. The van der Waals surface area contributed by atoms with E-state index in [0.717, 1.165) is 0 Å². The Balaban J connectivity index is 1.57. The predicted octanol–water partition coefficient (Wildman–Crippen LogP) is 1.67. The molecular weight excluding hydrogens is 357 g/mol. The fourth-order valence-corrected chi connectivity index (χ4v) is 3.48. The van der Waals surface area contributed by atoms with Crippen LogP contribution in [-0.4, -0.2) is 65.3 Å². The van der Waals surface area contributed by atoms with E-state index >= 15 is 0 Å². The number of anilines is 1. The van der Waals surface area contributed by atoms with Gasteiger partial charge in [0.05, 0.1) is 10.0 Å². The van der Waals surface area contributed by atoms with Crippen molar-refractivity contribution < 1.29 is 19.4 Å². The van der Waals surface area contributed by atoms with Gasteiger partial charge in [-0.1, -0.05) is 23.2 Å². The van der Waals surface area contributed by atoms with Crippen molar-refractivity contribution in [3.63, 3.8) is 0 Å². The molecule has 9 heteroatoms. The van der Waals surface area contributed by atoms with Crippen molar-refractivity contribution in [1.29, 1.82) is 0 Å². The van der Waals surface area contributed by atoms with Crippen LogP contribution in [0.2, 0.25) is 10.0 Å². The minimum atomic E-state index is -1.02. The summed E-state index contributed by atoms with van der Waals surface area (Å²) in [7, 11) is 0. The minimum Gasteiger partial charge on any atom is -0.479 e. The number of rotatable bonds is 3. The van der Waals surface area contributed by atoms with Crippen molar-refractivity contribution in [3.8, 4) is 0 Å². The van der Waals surface area contributed by atoms with Gasteiger partial charge in [-0.3, -0.25) is 4.79 Å². The standard InChI is InChI=1S/C15H17Cl2N3O4/c16-9-7-10(17)13(18-8-9)19-3-5-20(6-4-19)14(21)11-1-2-12(24-11)15(22)23/h7-8,11-12H,1-6H2,(H,22,23)/t11-,12+/m0/s1. The molecule has 0 spiro atoms. The summed E-state index contributed by atoms with van der Waals surface area (Å²) in [6, 6.07) is 1.64. The number of amides is 1. The molecule has 0 unspecified atom stereocenters. The number of hydrogen-bond donors (Lipinski definition) is 1. The van der Waals surface area contributed by atoms with Gasteiger partial charge in [-0.2, -0.15) is 0 Å². The Hall–Kier alpha value is -1.57. The lowest BCUT2D eigenvalue weighted by atomic mass is 10.1. The molecule has 2 atom stereocenters. The fourth-order valence-electron chi connectivity index (χ4n) is 2.98. The Labute approximate surface area is 149 Å². The molecule has 1 amide bonds. The van der Waals surface area contributed by atoms with Crippen LogP contribution in [0.5, 0.6) is 0 Å². The van der Waals surface area contributed by atoms with Gasteiger partial charge in [0.1, 0.15) is 11.9 Å². The van der Waals surface area contributed by atoms with E-state index in [9.17, 15) is 9.59 Å². The van der Waals surface area contributed by atoms with Gasteiger partial charge in [0, 0.05) is 32.4 Å². The molecule has 1 N–H and O–H groups in total. The maximum atomic E-state index is 12.5. The normalized spacial score (nSPS) is 24.2. The van der Waals surface area contributed by atoms with Gasteiger partial charge in [0.25, 0.3) is 5.91 Å². The third-order valence-corrected chi connectivity index (χ3v) is 4.73. The predicted molar refractivity (Wildman–Crippen MR) is 88.6 cm³/mol. The molecule has 2 fully saturated rings. The summed E-state index contributed by atoms with van der Waals surface area (Å²) in [5.41, 5.74) is 0. The van der Waals surface area contributed by atoms with Crippen molar-refractivity contribution in [3.05, 3.63) is 22.3 Å². The molecule has 3 rings (SSSR count). The average Bonchev–Trinajstić information content (AvgIpc) is 3.05. The molecule has 0 bridgehead atoms. The Morgan fingerprint density at radius 3 is 2.42 bits per heavy atom. The number of carboxylic acids is 1. The molecule has 1 aromatic heterocycles. The van der Waals surface area contributed by atoms with Gasteiger partial charge in [-0.05, 0) is 18.9 Å². The Morgan fingerprint density at radius 1 is 1.17 bits per heavy atom. The number of piperazine rings is 1. The van der Waals surface area contributed by atoms with Gasteiger partial charge in [-0.25, -0.2) is 9.78 Å². The van der Waals surface area contributed by atoms with Gasteiger partial charge in [0.15, 0.2) is 6.10 Å². The van der Waals surface area contributed by atoms with E-state index in [1.54, 1.807) is 17.2 Å². The van der Waals surface area contributed by atoms with Crippen LogP contribution in [0.25, 0.3) is 0 Å². The summed E-state index contributed by atoms with van der Waals surface area (Å²) in [5.74, 6) is -0.511. The highest BCUT2D eigenvalue weighted by Gasteiger charge is 2.37. The number of carbonyl (C=O) groups is 2. The molecule has 3 heterocycles. The van der Waals surface area contributed by atoms with Gasteiger partial charge < -0.3 is 19.6 Å². The van der Waals surface area contributed by atoms with E-state index in [-0.39, 0.29) is 5.91 Å². The Bertz CT molecular complexity index is 650. The average molecular weight is 374 g/mol. The van der Waals surface area contributed by atoms with Crippen molar-refractivity contribution in [2.75, 3.05) is 31.1 Å². The lowest BCUT2D eigenvalue weighted by Gasteiger charge is -2.36. The van der Waals surface area contributed by atoms with Crippen LogP contribution < -0.4 is 4.90 Å². The van der Waals surface area contributed by atoms with E-state index in [2.05, 4.69) is 4.98 Å². The van der Waals surface area contributed by atoms with Crippen LogP contribution in [0.3, 0.4) is 0 Å². The molecule has 1 aromatic rings. The van der Waals surface area contributed by atoms with Crippen LogP contribution in [-0.2, 0) is 14.3 Å². The van der Waals surface area contributed by atoms with Crippen LogP contribution in [0.4, 0.5) is 5.82 Å². The number of ether oxygens (including phenoxy) is 1. The highest BCUT2D eigenvalue weighted by atomic mass is 35.5. The van der Waals surface area contributed by atoms with Crippen molar-refractivity contribution in [1.82, 2.24) is 9.88 Å². The summed E-state index contributed by atoms with van der Waals surface area (Å²) in [6.07, 6.45) is 0.821. The number of halogens is 2. The van der Waals surface area contributed by atoms with E-state index in [0.29, 0.717) is 54.9 Å². The van der Waals surface area contributed by atoms with Crippen molar-refractivity contribution >= 4 is 40.9 Å². The Kier molecular flexibility index (Phi) is 5.12. The fraction of sp³-hybridized carbons (Fsp3) is 0.533. The van der Waals surface area contributed by atoms with Crippen LogP contribution in [0.15, 0.2) is 12.3 Å². The van der Waals surface area contributed by atoms with Gasteiger partial charge in [-0.15, -0.1) is 0 Å². The van der Waals surface area contributed by atoms with E-state index in [4.69, 9.17) is 33.0 Å². The summed E-state index contributed by atoms with van der Waals surface area (Å²) >= 11 is 12.0. The van der Waals surface area contributed by atoms with Crippen LogP contribution in [0.1, 0.15) is 12.8 Å². The number of carbonyl (C=O) groups excluding carboxylic acids is 1. The highest BCUT2D eigenvalue weighted by Crippen LogP contribution is 2.27. The molecule has 0 aliphatic carbocycles. The summed E-state index contributed by atoms with van der Waals surface area (Å²) in [5, 5.41) is 9.90. The molecule has 2 saturated heterocycles. The first-order valence-corrected chi connectivity index (χ1v) is 8.44. The first kappa shape index (κ1) is 17.3. The zero-order valence-electron chi connectivity index (χ0n) is 12.8. The SMILES string of the molecule is O=C(O)[C@H]1CC[C@@H](C(=O)N2CCN(c3ncc(Cl)cc3Cl)CC2)O1. The minimum absolute atomic E-state index is 0.145. The molecule has 0 aromatic carbocycles. The second-order valence-corrected chi connectivity index (χ2v) is 6.64. The van der Waals surface area contributed by atoms with Crippen LogP contribution >= 0.6 is 23.2 Å². The molecule has 7 nitrogen and oxygen atoms in total. The zero-order valence-corrected chi connectivity index (χ0v) is 14.3. The molecule has 2 aliphatic heterocycles. The number of carboxylic acid groups (broad SMARTS) is 1. The second-order valence-electron chi connectivity index (χ2n) is 5.80. The van der Waals surface area contributed by atoms with Crippen LogP contribution in [0, 0.1) is 0 Å². The second kappa shape index (κ2) is 7.13. The number of nitrogens with zero attached hydrogens (tertiary/aromatic N) is 3. The summed E-state index contributed by atoms with van der Waals surface area (Å²) in [4.78, 5) is 31.3. The molecule has 0 radical (unpaired) electrons. The van der Waals surface area contributed by atoms with E-state index < -0.39 is 18.2 Å². The van der Waals surface area contributed by atoms with E-state index in [1.807, 2.05) is 4.90 Å². The monoisotopic (exact) mass is 373 g/mol. The smallest absolute Gasteiger partial charge is 0.332 e. The summed E-state index contributed by atoms with van der Waals surface area (Å²) < 4.78 is 5.33. The topological polar surface area (TPSA) is 83.0 Å². The third-order valence-electron chi connectivity index (χ3n) is 4.25. The molecule has 130 valence electrons. The summed E-state index contributed by atoms with van der Waals surface area (Å²) in [6.45, 7) is 2.21. The third kappa shape index (κ3) is 3.58. The van der Waals surface area contributed by atoms with E-state index in [1.165, 1.54) is 0 Å². The maximum absolute atomic E-state index is 12.5. The van der Waals surface area contributed by atoms with Gasteiger partial charge in [0.2, 0.25) is 0 Å². The first-order valence-electron chi connectivity index (χ1n) is 7.69. The van der Waals surface area contributed by atoms with Crippen molar-refractivity contribution in [2.45, 2.75) is 25.0 Å². The molecule has 0 saturated carbocycles. The van der Waals surface area contributed by atoms with Crippen molar-refractivity contribution in [2.24, 2.45) is 0 Å². The number of hydrogen-bond acceptors (Lipinski definition) is 5. The first-order chi connectivity index (χ1) is 11.5. The molecular formula is C15H17Cl2N3O4. The Morgan fingerprint density at radius 2 is 1.83 bits per heavy atom. The maximum Gasteiger partial charge on any atom is 0.332 e. The lowest BCUT2D eigenvalue weighted by molar-refractivity contribution is -0.154. The number of aliphatic carboxylic acids is 1. The largest absolute Gasteiger partial charge is 0.479 e. The zero-order chi connectivity index (χ0) is 17.3. The molecule has 2 aliphatic rings. The highest BCUT2D eigenvalue weighted by molar-refractivity contribution is 6.36. The molecule has 24 heavy (non-hydrogen) atoms. The van der Waals surface area contributed by atoms with Gasteiger partial charge >= 0.3 is 5.97 Å². The number of pyridine rings is 1.